The Balaban J connectivity index is 1.74. The largest absolute Gasteiger partial charge is 0.390 e. The average molecular weight is 291 g/mol. The van der Waals surface area contributed by atoms with Gasteiger partial charge in [-0.15, -0.1) is 0 Å². The van der Waals surface area contributed by atoms with Gasteiger partial charge in [-0.1, -0.05) is 32.0 Å². The van der Waals surface area contributed by atoms with Crippen LogP contribution >= 0.6 is 0 Å². The number of rotatable bonds is 7. The predicted octanol–water partition coefficient (Wildman–Crippen LogP) is 1.51. The van der Waals surface area contributed by atoms with E-state index in [9.17, 15) is 5.11 Å². The van der Waals surface area contributed by atoms with Gasteiger partial charge in [-0.05, 0) is 25.2 Å². The number of aliphatic hydroxyl groups is 1. The molecule has 0 saturated carbocycles. The van der Waals surface area contributed by atoms with Gasteiger partial charge in [-0.25, -0.2) is 0 Å². The Morgan fingerprint density at radius 3 is 2.24 bits per heavy atom. The minimum Gasteiger partial charge on any atom is -0.390 e. The highest BCUT2D eigenvalue weighted by molar-refractivity contribution is 5.46. The molecule has 0 aromatic heterocycles. The number of benzene rings is 1. The van der Waals surface area contributed by atoms with Gasteiger partial charge in [-0.2, -0.15) is 0 Å². The van der Waals surface area contributed by atoms with Crippen molar-refractivity contribution in [3.63, 3.8) is 0 Å². The normalized spacial score (nSPS) is 18.2. The number of hydrogen-bond acceptors (Lipinski definition) is 4. The predicted molar refractivity (Wildman–Crippen MR) is 88.9 cm³/mol. The maximum Gasteiger partial charge on any atom is 0.0793 e. The van der Waals surface area contributed by atoms with Gasteiger partial charge in [0.2, 0.25) is 0 Å². The molecule has 1 aromatic carbocycles. The molecule has 1 atom stereocenters. The summed E-state index contributed by atoms with van der Waals surface area (Å²) in [6.45, 7) is 12.0. The highest BCUT2D eigenvalue weighted by Gasteiger charge is 2.20. The van der Waals surface area contributed by atoms with E-state index in [-0.39, 0.29) is 6.10 Å². The fourth-order valence-corrected chi connectivity index (χ4v) is 2.96. The second kappa shape index (κ2) is 8.37. The van der Waals surface area contributed by atoms with E-state index in [1.165, 1.54) is 5.69 Å². The zero-order valence-electron chi connectivity index (χ0n) is 13.4. The van der Waals surface area contributed by atoms with Crippen LogP contribution in [0.3, 0.4) is 0 Å². The number of para-hydroxylation sites is 1. The summed E-state index contributed by atoms with van der Waals surface area (Å²) >= 11 is 0. The van der Waals surface area contributed by atoms with Crippen LogP contribution in [0.25, 0.3) is 0 Å². The van der Waals surface area contributed by atoms with Crippen LogP contribution in [0.4, 0.5) is 5.69 Å². The molecule has 0 spiro atoms. The first-order chi connectivity index (χ1) is 10.2. The van der Waals surface area contributed by atoms with E-state index in [2.05, 4.69) is 58.9 Å². The quantitative estimate of drug-likeness (QED) is 0.825. The third-order valence-electron chi connectivity index (χ3n) is 4.33. The summed E-state index contributed by atoms with van der Waals surface area (Å²) in [6.07, 6.45) is -0.242. The second-order valence-corrected chi connectivity index (χ2v) is 5.76. The molecule has 4 nitrogen and oxygen atoms in total. The molecule has 0 radical (unpaired) electrons. The van der Waals surface area contributed by atoms with E-state index in [1.807, 2.05) is 0 Å². The third-order valence-corrected chi connectivity index (χ3v) is 4.33. The van der Waals surface area contributed by atoms with Crippen LogP contribution in [-0.4, -0.2) is 73.4 Å². The Hall–Kier alpha value is -1.10. The highest BCUT2D eigenvalue weighted by atomic mass is 16.3. The van der Waals surface area contributed by atoms with E-state index < -0.39 is 0 Å². The summed E-state index contributed by atoms with van der Waals surface area (Å²) in [6, 6.07) is 10.6. The molecule has 118 valence electrons. The molecule has 0 aliphatic carbocycles. The van der Waals surface area contributed by atoms with Crippen molar-refractivity contribution in [2.24, 2.45) is 0 Å². The molecule has 1 aliphatic rings. The molecule has 4 heteroatoms. The van der Waals surface area contributed by atoms with Crippen molar-refractivity contribution < 1.29 is 5.11 Å². The number of nitrogens with zero attached hydrogens (tertiary/aromatic N) is 3. The van der Waals surface area contributed by atoms with E-state index in [1.54, 1.807) is 0 Å². The van der Waals surface area contributed by atoms with Crippen molar-refractivity contribution in [3.05, 3.63) is 30.3 Å². The van der Waals surface area contributed by atoms with Gasteiger partial charge in [0.1, 0.15) is 0 Å². The number of likely N-dealkylation sites (N-methyl/N-ethyl adjacent to an activating group) is 1. The molecule has 1 heterocycles. The number of aliphatic hydroxyl groups excluding tert-OH is 1. The third kappa shape index (κ3) is 4.99. The van der Waals surface area contributed by atoms with Crippen molar-refractivity contribution >= 4 is 5.69 Å². The maximum absolute atomic E-state index is 10.2. The van der Waals surface area contributed by atoms with Gasteiger partial charge in [-0.3, -0.25) is 4.90 Å². The minimum atomic E-state index is -0.242. The van der Waals surface area contributed by atoms with Crippen LogP contribution in [0.1, 0.15) is 13.8 Å². The Morgan fingerprint density at radius 1 is 1.05 bits per heavy atom. The Labute approximate surface area is 129 Å². The van der Waals surface area contributed by atoms with Crippen LogP contribution in [0.5, 0.6) is 0 Å². The van der Waals surface area contributed by atoms with E-state index >= 15 is 0 Å². The fourth-order valence-electron chi connectivity index (χ4n) is 2.96. The molecule has 0 unspecified atom stereocenters. The average Bonchev–Trinajstić information content (AvgIpc) is 2.54. The molecule has 1 N–H and O–H groups in total. The molecular weight excluding hydrogens is 262 g/mol. The first kappa shape index (κ1) is 16.3. The van der Waals surface area contributed by atoms with Crippen molar-refractivity contribution in [2.45, 2.75) is 20.0 Å². The van der Waals surface area contributed by atoms with Crippen molar-refractivity contribution in [2.75, 3.05) is 57.3 Å². The van der Waals surface area contributed by atoms with Gasteiger partial charge in [0.15, 0.2) is 0 Å². The van der Waals surface area contributed by atoms with Gasteiger partial charge in [0.25, 0.3) is 0 Å². The number of hydrogen-bond donors (Lipinski definition) is 1. The van der Waals surface area contributed by atoms with Gasteiger partial charge < -0.3 is 14.9 Å². The van der Waals surface area contributed by atoms with Crippen LogP contribution in [-0.2, 0) is 0 Å². The monoisotopic (exact) mass is 291 g/mol. The Bertz CT molecular complexity index is 386. The maximum atomic E-state index is 10.2. The summed E-state index contributed by atoms with van der Waals surface area (Å²) in [5, 5.41) is 10.2. The molecule has 21 heavy (non-hydrogen) atoms. The first-order valence-corrected chi connectivity index (χ1v) is 8.15. The Kier molecular flexibility index (Phi) is 6.49. The van der Waals surface area contributed by atoms with Crippen LogP contribution < -0.4 is 4.90 Å². The molecule has 0 amide bonds. The SMILES string of the molecule is CCN(CC)C[C@H](O)CN1CCN(c2ccccc2)CC1. The van der Waals surface area contributed by atoms with E-state index in [0.29, 0.717) is 0 Å². The zero-order valence-corrected chi connectivity index (χ0v) is 13.4. The van der Waals surface area contributed by atoms with Crippen molar-refractivity contribution in [1.82, 2.24) is 9.80 Å². The van der Waals surface area contributed by atoms with Crippen LogP contribution in [0.15, 0.2) is 30.3 Å². The highest BCUT2D eigenvalue weighted by Crippen LogP contribution is 2.15. The minimum absolute atomic E-state index is 0.242. The van der Waals surface area contributed by atoms with E-state index in [0.717, 1.165) is 52.4 Å². The summed E-state index contributed by atoms with van der Waals surface area (Å²) in [5.74, 6) is 0. The number of piperazine rings is 1. The lowest BCUT2D eigenvalue weighted by Gasteiger charge is -2.37. The lowest BCUT2D eigenvalue weighted by atomic mass is 10.2. The van der Waals surface area contributed by atoms with Gasteiger partial charge >= 0.3 is 0 Å². The van der Waals surface area contributed by atoms with Crippen molar-refractivity contribution in [3.8, 4) is 0 Å². The summed E-state index contributed by atoms with van der Waals surface area (Å²) in [7, 11) is 0. The standard InChI is InChI=1S/C17H29N3O/c1-3-18(4-2)14-17(21)15-19-10-12-20(13-11-19)16-8-6-5-7-9-16/h5-9,17,21H,3-4,10-15H2,1-2H3/t17-/m0/s1. The van der Waals surface area contributed by atoms with Crippen molar-refractivity contribution in [1.29, 1.82) is 0 Å². The van der Waals surface area contributed by atoms with E-state index in [4.69, 9.17) is 0 Å². The first-order valence-electron chi connectivity index (χ1n) is 8.15. The molecule has 0 bridgehead atoms. The zero-order chi connectivity index (χ0) is 15.1. The fraction of sp³-hybridized carbons (Fsp3) is 0.647. The summed E-state index contributed by atoms with van der Waals surface area (Å²) in [4.78, 5) is 7.09. The molecule has 2 rings (SSSR count). The molecule has 1 saturated heterocycles. The van der Waals surface area contributed by atoms with Gasteiger partial charge in [0, 0.05) is 45.0 Å². The number of β-amino-alcohol motifs (C(OH)–C–C–N with tert-alkyl or cyclic N) is 1. The van der Waals surface area contributed by atoms with Crippen LogP contribution in [0, 0.1) is 0 Å². The topological polar surface area (TPSA) is 30.0 Å². The lowest BCUT2D eigenvalue weighted by Crippen LogP contribution is -2.50. The number of anilines is 1. The molecule has 1 fully saturated rings. The van der Waals surface area contributed by atoms with Crippen LogP contribution in [0.2, 0.25) is 0 Å². The van der Waals surface area contributed by atoms with Gasteiger partial charge in [0.05, 0.1) is 6.10 Å². The summed E-state index contributed by atoms with van der Waals surface area (Å²) < 4.78 is 0. The lowest BCUT2D eigenvalue weighted by molar-refractivity contribution is 0.0749. The molecule has 1 aliphatic heterocycles. The smallest absolute Gasteiger partial charge is 0.0793 e. The Morgan fingerprint density at radius 2 is 1.67 bits per heavy atom. The molecule has 1 aromatic rings. The summed E-state index contributed by atoms with van der Waals surface area (Å²) in [5.41, 5.74) is 1.31. The second-order valence-electron chi connectivity index (χ2n) is 5.76. The molecular formula is C17H29N3O.